The number of hydrogen-bond acceptors (Lipinski definition) is 9. The van der Waals surface area contributed by atoms with E-state index >= 15 is 0 Å². The van der Waals surface area contributed by atoms with Gasteiger partial charge < -0.3 is 39.4 Å². The number of aliphatic hydroxyl groups excluding tert-OH is 4. The third-order valence-electron chi connectivity index (χ3n) is 6.17. The van der Waals surface area contributed by atoms with Crippen LogP contribution in [0.15, 0.2) is 24.3 Å². The van der Waals surface area contributed by atoms with E-state index in [9.17, 15) is 25.2 Å². The van der Waals surface area contributed by atoms with Crippen LogP contribution < -0.4 is 0 Å². The summed E-state index contributed by atoms with van der Waals surface area (Å²) in [7, 11) is 0. The molecular formula is C28H50O9. The summed E-state index contributed by atoms with van der Waals surface area (Å²) in [5.41, 5.74) is 0. The number of hydrogen-bond donors (Lipinski definition) is 4. The molecule has 1 rings (SSSR count). The lowest BCUT2D eigenvalue weighted by Crippen LogP contribution is -2.59. The molecule has 216 valence electrons. The molecule has 0 radical (unpaired) electrons. The molecule has 1 saturated heterocycles. The van der Waals surface area contributed by atoms with E-state index in [2.05, 4.69) is 31.2 Å². The molecule has 6 unspecified atom stereocenters. The average molecular weight is 531 g/mol. The summed E-state index contributed by atoms with van der Waals surface area (Å²) in [6, 6.07) is 0. The molecule has 0 aromatic heterocycles. The van der Waals surface area contributed by atoms with Crippen molar-refractivity contribution in [2.24, 2.45) is 0 Å². The summed E-state index contributed by atoms with van der Waals surface area (Å²) in [5, 5.41) is 39.0. The lowest BCUT2D eigenvalue weighted by Gasteiger charge is -2.39. The van der Waals surface area contributed by atoms with Gasteiger partial charge in [-0.15, -0.1) is 0 Å². The quantitative estimate of drug-likeness (QED) is 0.100. The van der Waals surface area contributed by atoms with Crippen LogP contribution in [-0.4, -0.2) is 89.6 Å². The van der Waals surface area contributed by atoms with Gasteiger partial charge in [0.05, 0.1) is 19.8 Å². The monoisotopic (exact) mass is 530 g/mol. The molecule has 1 aliphatic heterocycles. The minimum Gasteiger partial charge on any atom is -0.458 e. The van der Waals surface area contributed by atoms with Gasteiger partial charge in [0.2, 0.25) is 0 Å². The van der Waals surface area contributed by atoms with Gasteiger partial charge in [-0.2, -0.15) is 0 Å². The molecule has 37 heavy (non-hydrogen) atoms. The normalized spacial score (nSPS) is 25.2. The van der Waals surface area contributed by atoms with E-state index in [0.717, 1.165) is 32.1 Å². The summed E-state index contributed by atoms with van der Waals surface area (Å²) in [6.07, 6.45) is 14.1. The summed E-state index contributed by atoms with van der Waals surface area (Å²) in [5.74, 6) is -0.496. The van der Waals surface area contributed by atoms with E-state index in [1.807, 2.05) is 0 Å². The molecular weight excluding hydrogens is 480 g/mol. The number of unbranched alkanes of at least 4 members (excludes halogenated alkanes) is 8. The topological polar surface area (TPSA) is 135 Å². The van der Waals surface area contributed by atoms with E-state index in [1.165, 1.54) is 45.4 Å². The van der Waals surface area contributed by atoms with Crippen LogP contribution in [0.3, 0.4) is 0 Å². The molecule has 0 aromatic carbocycles. The van der Waals surface area contributed by atoms with Crippen molar-refractivity contribution in [1.29, 1.82) is 0 Å². The maximum absolute atomic E-state index is 11.4. The summed E-state index contributed by atoms with van der Waals surface area (Å²) in [6.45, 7) is 3.47. The van der Waals surface area contributed by atoms with Gasteiger partial charge in [0, 0.05) is 13.5 Å². The number of ether oxygens (including phenoxy) is 4. The fraction of sp³-hybridized carbons (Fsp3) is 0.821. The smallest absolute Gasteiger partial charge is 0.303 e. The lowest BCUT2D eigenvalue weighted by atomic mass is 9.99. The predicted octanol–water partition coefficient (Wildman–Crippen LogP) is 3.17. The maximum atomic E-state index is 11.4. The number of esters is 1. The van der Waals surface area contributed by atoms with E-state index in [0.29, 0.717) is 6.61 Å². The van der Waals surface area contributed by atoms with E-state index in [-0.39, 0.29) is 13.2 Å². The molecule has 0 saturated carbocycles. The Morgan fingerprint density at radius 3 is 2.16 bits per heavy atom. The van der Waals surface area contributed by atoms with Crippen LogP contribution in [0.2, 0.25) is 0 Å². The van der Waals surface area contributed by atoms with Gasteiger partial charge in [-0.25, -0.2) is 0 Å². The Bertz CT molecular complexity index is 623. The van der Waals surface area contributed by atoms with Crippen molar-refractivity contribution in [3.8, 4) is 0 Å². The van der Waals surface area contributed by atoms with Crippen LogP contribution in [-0.2, 0) is 23.7 Å². The molecule has 6 atom stereocenters. The van der Waals surface area contributed by atoms with Crippen molar-refractivity contribution in [3.63, 3.8) is 0 Å². The first-order chi connectivity index (χ1) is 17.9. The van der Waals surface area contributed by atoms with Crippen LogP contribution in [0, 0.1) is 0 Å². The Kier molecular flexibility index (Phi) is 19.7. The Hall–Kier alpha value is -1.33. The highest BCUT2D eigenvalue weighted by atomic mass is 16.7. The maximum Gasteiger partial charge on any atom is 0.303 e. The largest absolute Gasteiger partial charge is 0.458 e. The Balaban J connectivity index is 2.12. The number of rotatable bonds is 21. The highest BCUT2D eigenvalue weighted by Crippen LogP contribution is 2.22. The molecule has 4 N–H and O–H groups in total. The van der Waals surface area contributed by atoms with Gasteiger partial charge >= 0.3 is 5.97 Å². The van der Waals surface area contributed by atoms with Gasteiger partial charge in [0.25, 0.3) is 0 Å². The first-order valence-electron chi connectivity index (χ1n) is 13.9. The van der Waals surface area contributed by atoms with Crippen LogP contribution in [0.5, 0.6) is 0 Å². The first-order valence-corrected chi connectivity index (χ1v) is 13.9. The second-order valence-corrected chi connectivity index (χ2v) is 9.57. The van der Waals surface area contributed by atoms with Crippen molar-refractivity contribution in [2.45, 2.75) is 121 Å². The molecule has 1 heterocycles. The summed E-state index contributed by atoms with van der Waals surface area (Å²) in [4.78, 5) is 11.4. The number of carbonyl (C=O) groups excluding carboxylic acids is 1. The van der Waals surface area contributed by atoms with E-state index in [4.69, 9.17) is 18.9 Å². The lowest BCUT2D eigenvalue weighted by molar-refractivity contribution is -0.305. The molecule has 0 spiro atoms. The van der Waals surface area contributed by atoms with Crippen molar-refractivity contribution in [2.75, 3.05) is 26.4 Å². The zero-order chi connectivity index (χ0) is 27.3. The van der Waals surface area contributed by atoms with Gasteiger partial charge in [-0.05, 0) is 32.1 Å². The van der Waals surface area contributed by atoms with Crippen molar-refractivity contribution in [1.82, 2.24) is 0 Å². The molecule has 0 bridgehead atoms. The minimum absolute atomic E-state index is 0.122. The zero-order valence-electron chi connectivity index (χ0n) is 22.7. The van der Waals surface area contributed by atoms with Crippen molar-refractivity contribution >= 4 is 5.97 Å². The molecule has 9 nitrogen and oxygen atoms in total. The highest BCUT2D eigenvalue weighted by Gasteiger charge is 2.44. The molecule has 1 aliphatic rings. The molecule has 0 amide bonds. The van der Waals surface area contributed by atoms with E-state index < -0.39 is 49.4 Å². The molecule has 1 fully saturated rings. The predicted molar refractivity (Wildman–Crippen MR) is 141 cm³/mol. The number of aliphatic hydroxyl groups is 4. The summed E-state index contributed by atoms with van der Waals surface area (Å²) < 4.78 is 21.6. The zero-order valence-corrected chi connectivity index (χ0v) is 22.7. The van der Waals surface area contributed by atoms with Gasteiger partial charge in [0.1, 0.15) is 30.5 Å². The number of carbonyl (C=O) groups is 1. The standard InChI is InChI=1S/C28H50O9/c1-3-4-5-6-7-8-9-10-11-12-13-14-15-16-17-18-34-20-23(36-22(2)30)21-35-28-27(33)26(32)25(31)24(19-29)37-28/h6-7,9-10,23-29,31-33H,3-5,8,11-21H2,1-2H3/b7-6-,10-9-. The fourth-order valence-corrected chi connectivity index (χ4v) is 3.98. The Morgan fingerprint density at radius 1 is 0.865 bits per heavy atom. The highest BCUT2D eigenvalue weighted by molar-refractivity contribution is 5.66. The van der Waals surface area contributed by atoms with Crippen LogP contribution in [0.25, 0.3) is 0 Å². The average Bonchev–Trinajstić information content (AvgIpc) is 2.88. The molecule has 0 aromatic rings. The van der Waals surface area contributed by atoms with Crippen LogP contribution >= 0.6 is 0 Å². The van der Waals surface area contributed by atoms with Crippen molar-refractivity contribution in [3.05, 3.63) is 24.3 Å². The van der Waals surface area contributed by atoms with E-state index in [1.54, 1.807) is 0 Å². The third kappa shape index (κ3) is 15.6. The Morgan fingerprint density at radius 2 is 1.51 bits per heavy atom. The number of allylic oxidation sites excluding steroid dienone is 4. The Labute approximate surface area is 222 Å². The van der Waals surface area contributed by atoms with Crippen LogP contribution in [0.1, 0.15) is 84.5 Å². The van der Waals surface area contributed by atoms with Gasteiger partial charge in [-0.3, -0.25) is 4.79 Å². The molecule has 9 heteroatoms. The SMILES string of the molecule is CCCC/C=C\C/C=C\CCCCCCCCOCC(COC1OC(CO)C(O)C(O)C1O)OC(C)=O. The first kappa shape index (κ1) is 33.7. The van der Waals surface area contributed by atoms with Crippen LogP contribution in [0.4, 0.5) is 0 Å². The van der Waals surface area contributed by atoms with Crippen molar-refractivity contribution < 1.29 is 44.2 Å². The minimum atomic E-state index is -1.53. The second kappa shape index (κ2) is 21.6. The third-order valence-corrected chi connectivity index (χ3v) is 6.17. The molecule has 0 aliphatic carbocycles. The summed E-state index contributed by atoms with van der Waals surface area (Å²) >= 11 is 0. The second-order valence-electron chi connectivity index (χ2n) is 9.57. The fourth-order valence-electron chi connectivity index (χ4n) is 3.98. The van der Waals surface area contributed by atoms with Gasteiger partial charge in [0.15, 0.2) is 6.29 Å². The van der Waals surface area contributed by atoms with Gasteiger partial charge in [-0.1, -0.05) is 69.8 Å².